The Labute approximate surface area is 246 Å². The largest absolute Gasteiger partial charge is 0.317 e. The van der Waals surface area contributed by atoms with Crippen molar-refractivity contribution in [2.24, 2.45) is 0 Å². The van der Waals surface area contributed by atoms with Crippen LogP contribution in [0, 0.1) is 0 Å². The third-order valence-corrected chi connectivity index (χ3v) is 8.31. The van der Waals surface area contributed by atoms with Gasteiger partial charge >= 0.3 is 0 Å². The van der Waals surface area contributed by atoms with Crippen LogP contribution in [0.25, 0.3) is 11.1 Å². The molecule has 2 aliphatic heterocycles. The molecule has 0 unspecified atom stereocenters. The fraction of sp³-hybridized carbons (Fsp3) is 0.211. The minimum Gasteiger partial charge on any atom is -0.317 e. The molecule has 4 rings (SSSR count). The van der Waals surface area contributed by atoms with E-state index < -0.39 is 0 Å². The van der Waals surface area contributed by atoms with Gasteiger partial charge in [0.15, 0.2) is 0 Å². The van der Waals surface area contributed by atoms with Crippen molar-refractivity contribution < 1.29 is 0 Å². The summed E-state index contributed by atoms with van der Waals surface area (Å²) in [6, 6.07) is 17.2. The maximum atomic E-state index is 4.34. The molecule has 0 amide bonds. The van der Waals surface area contributed by atoms with Gasteiger partial charge in [0.25, 0.3) is 0 Å². The number of hydrogen-bond acceptors (Lipinski definition) is 2. The van der Waals surface area contributed by atoms with E-state index in [0.29, 0.717) is 0 Å². The molecule has 0 N–H and O–H groups in total. The Kier molecular flexibility index (Phi) is 11.1. The van der Waals surface area contributed by atoms with E-state index in [1.807, 2.05) is 23.9 Å². The number of hydrogen-bond donors (Lipinski definition) is 0. The molecular weight excluding hydrogens is 502 g/mol. The Balaban J connectivity index is 1.66. The van der Waals surface area contributed by atoms with Crippen LogP contribution in [0.4, 0.5) is 11.4 Å². The molecule has 2 aromatic rings. The normalized spacial score (nSPS) is 21.3. The van der Waals surface area contributed by atoms with E-state index in [-0.39, 0.29) is 0 Å². The first-order valence-electron chi connectivity index (χ1n) is 14.3. The van der Waals surface area contributed by atoms with E-state index in [1.54, 1.807) is 0 Å². The molecule has 0 aromatic heterocycles. The lowest BCUT2D eigenvalue weighted by molar-refractivity contribution is 0.947. The fourth-order valence-electron chi connectivity index (χ4n) is 4.99. The Morgan fingerprint density at radius 2 is 1.77 bits per heavy atom. The van der Waals surface area contributed by atoms with Gasteiger partial charge in [-0.2, -0.15) is 0 Å². The van der Waals surface area contributed by atoms with Crippen molar-refractivity contribution in [2.75, 3.05) is 10.7 Å². The zero-order valence-electron chi connectivity index (χ0n) is 23.8. The van der Waals surface area contributed by atoms with Crippen LogP contribution in [0.3, 0.4) is 0 Å². The first-order valence-corrected chi connectivity index (χ1v) is 15.3. The zero-order chi connectivity index (χ0) is 28.2. The minimum absolute atomic E-state index is 0.983. The number of fused-ring (bicyclic) bond motifs is 1. The summed E-state index contributed by atoms with van der Waals surface area (Å²) in [7, 11) is 0. The average molecular weight is 544 g/mol. The second-order valence-electron chi connectivity index (χ2n) is 10.0. The van der Waals surface area contributed by atoms with E-state index >= 15 is 0 Å². The first kappa shape index (κ1) is 29.2. The van der Waals surface area contributed by atoms with Crippen LogP contribution >= 0.6 is 11.8 Å². The van der Waals surface area contributed by atoms with Gasteiger partial charge in [-0.1, -0.05) is 92.6 Å². The third kappa shape index (κ3) is 7.90. The molecule has 2 aliphatic rings. The molecule has 0 bridgehead atoms. The van der Waals surface area contributed by atoms with Gasteiger partial charge in [-0.25, -0.2) is 0 Å². The van der Waals surface area contributed by atoms with Gasteiger partial charge in [-0.15, -0.1) is 11.8 Å². The van der Waals surface area contributed by atoms with Gasteiger partial charge in [0.05, 0.1) is 5.69 Å². The lowest BCUT2D eigenvalue weighted by Crippen LogP contribution is -2.11. The predicted octanol–water partition coefficient (Wildman–Crippen LogP) is 11.5. The van der Waals surface area contributed by atoms with Crippen LogP contribution in [0.5, 0.6) is 0 Å². The van der Waals surface area contributed by atoms with E-state index in [1.165, 1.54) is 33.6 Å². The zero-order valence-corrected chi connectivity index (χ0v) is 24.6. The maximum absolute atomic E-state index is 4.34. The van der Waals surface area contributed by atoms with Gasteiger partial charge in [-0.05, 0) is 114 Å². The molecule has 0 radical (unpaired) electrons. The summed E-state index contributed by atoms with van der Waals surface area (Å²) in [6.07, 6.45) is 28.3. The summed E-state index contributed by atoms with van der Waals surface area (Å²) in [6.45, 7) is 14.9. The summed E-state index contributed by atoms with van der Waals surface area (Å²) >= 11 is 1.92. The highest BCUT2D eigenvalue weighted by atomic mass is 32.2. The summed E-state index contributed by atoms with van der Waals surface area (Å²) in [5, 5.41) is 0. The number of anilines is 2. The van der Waals surface area contributed by atoms with E-state index in [0.717, 1.165) is 60.4 Å². The molecule has 0 fully saturated rings. The highest BCUT2D eigenvalue weighted by Gasteiger charge is 2.14. The number of allylic oxidation sites excluding steroid dienone is 14. The standard InChI is InChI=1S/C38H41NS/c1-5-32(34-19-11-9-7-8-10-16-27-40-31(4)24-25-34)28-33(6-2)35-20-17-21-36(29-35)39-26-15-14-18-30(3)37-22-12-13-23-38(37)39/h5-8,12-15,17-23,26,28-29H,1,3-4,9-11,16,24-25,27H2,2H3/b8-7-,18-14-,26-15-,32-28+,33-6+,34-19+. The van der Waals surface area contributed by atoms with Crippen LogP contribution in [0.2, 0.25) is 0 Å². The van der Waals surface area contributed by atoms with Gasteiger partial charge in [-0.3, -0.25) is 0 Å². The quantitative estimate of drug-likeness (QED) is 0.272. The van der Waals surface area contributed by atoms with Crippen LogP contribution in [-0.2, 0) is 0 Å². The highest BCUT2D eigenvalue weighted by Crippen LogP contribution is 2.36. The van der Waals surface area contributed by atoms with Gasteiger partial charge in [0.1, 0.15) is 0 Å². The maximum Gasteiger partial charge on any atom is 0.0533 e. The summed E-state index contributed by atoms with van der Waals surface area (Å²) < 4.78 is 0. The fourth-order valence-corrected chi connectivity index (χ4v) is 5.84. The number of thioether (sulfide) groups is 1. The molecule has 40 heavy (non-hydrogen) atoms. The molecule has 0 atom stereocenters. The van der Waals surface area contributed by atoms with E-state index in [9.17, 15) is 0 Å². The van der Waals surface area contributed by atoms with Gasteiger partial charge in [0.2, 0.25) is 0 Å². The molecule has 204 valence electrons. The Bertz CT molecular complexity index is 1410. The van der Waals surface area contributed by atoms with E-state index in [2.05, 4.69) is 129 Å². The number of rotatable bonds is 5. The second-order valence-corrected chi connectivity index (χ2v) is 11.3. The summed E-state index contributed by atoms with van der Waals surface area (Å²) in [5.41, 5.74) is 9.27. The van der Waals surface area contributed by atoms with Crippen LogP contribution < -0.4 is 4.90 Å². The molecule has 0 aliphatic carbocycles. The van der Waals surface area contributed by atoms with Crippen LogP contribution in [-0.4, -0.2) is 5.75 Å². The second kappa shape index (κ2) is 15.1. The van der Waals surface area contributed by atoms with Gasteiger partial charge in [0, 0.05) is 17.5 Å². The lowest BCUT2D eigenvalue weighted by Gasteiger charge is -2.25. The van der Waals surface area contributed by atoms with Crippen LogP contribution in [0.1, 0.15) is 56.6 Å². The smallest absolute Gasteiger partial charge is 0.0533 e. The molecule has 2 heterocycles. The molecule has 1 nitrogen and oxygen atoms in total. The Morgan fingerprint density at radius 1 is 0.925 bits per heavy atom. The van der Waals surface area contributed by atoms with Crippen molar-refractivity contribution in [2.45, 2.75) is 45.4 Å². The number of benzene rings is 2. The van der Waals surface area contributed by atoms with Crippen molar-refractivity contribution in [3.05, 3.63) is 156 Å². The van der Waals surface area contributed by atoms with Crippen molar-refractivity contribution in [1.82, 2.24) is 0 Å². The van der Waals surface area contributed by atoms with Crippen molar-refractivity contribution >= 4 is 34.3 Å². The monoisotopic (exact) mass is 543 g/mol. The molecule has 0 saturated heterocycles. The first-order chi connectivity index (χ1) is 19.6. The molecule has 2 heteroatoms. The number of para-hydroxylation sites is 1. The highest BCUT2D eigenvalue weighted by molar-refractivity contribution is 8.03. The van der Waals surface area contributed by atoms with Crippen molar-refractivity contribution in [3.8, 4) is 0 Å². The van der Waals surface area contributed by atoms with Crippen molar-refractivity contribution in [3.63, 3.8) is 0 Å². The summed E-state index contributed by atoms with van der Waals surface area (Å²) in [5.74, 6) is 1.15. The Hall–Kier alpha value is -3.75. The third-order valence-electron chi connectivity index (χ3n) is 7.21. The molecule has 0 spiro atoms. The summed E-state index contributed by atoms with van der Waals surface area (Å²) in [4.78, 5) is 3.52. The molecular formula is C38H41NS. The Morgan fingerprint density at radius 3 is 2.62 bits per heavy atom. The van der Waals surface area contributed by atoms with Crippen molar-refractivity contribution in [1.29, 1.82) is 0 Å². The van der Waals surface area contributed by atoms with Gasteiger partial charge < -0.3 is 4.90 Å². The molecule has 0 saturated carbocycles. The lowest BCUT2D eigenvalue weighted by atomic mass is 9.94. The minimum atomic E-state index is 0.983. The van der Waals surface area contributed by atoms with Crippen LogP contribution in [0.15, 0.2) is 145 Å². The SMILES string of the molecule is C=CC(=C\C(=C/C)c1cccc(N2/C=C\C=C/C(=C)c3ccccc32)c1)/C1=C/CC/C=C\CCCSC(=C)CC1. The topological polar surface area (TPSA) is 3.24 Å². The molecule has 2 aromatic carbocycles. The van der Waals surface area contributed by atoms with E-state index in [4.69, 9.17) is 0 Å². The number of nitrogens with zero attached hydrogens (tertiary/aromatic N) is 1. The average Bonchev–Trinajstić information content (AvgIpc) is 2.99. The predicted molar refractivity (Wildman–Crippen MR) is 181 cm³/mol.